The number of amides is 1. The molecular formula is C11H17N3O. The molecule has 0 aromatic carbocycles. The fourth-order valence-electron chi connectivity index (χ4n) is 1.27. The summed E-state index contributed by atoms with van der Waals surface area (Å²) in [5.41, 5.74) is 1.13. The summed E-state index contributed by atoms with van der Waals surface area (Å²) in [7, 11) is 0. The number of aromatic nitrogens is 2. The number of nitrogens with one attached hydrogen (secondary N) is 1. The molecule has 15 heavy (non-hydrogen) atoms. The standard InChI is InChI=1S/C11H17N3O/c1-2-7-12-11(15)5-3-4-10-6-8-13-14-9-10/h6,8-9H,2-5,7H2,1H3,(H,12,15). The summed E-state index contributed by atoms with van der Waals surface area (Å²) in [5, 5.41) is 10.3. The van der Waals surface area contributed by atoms with E-state index in [9.17, 15) is 4.79 Å². The van der Waals surface area contributed by atoms with Gasteiger partial charge in [0.2, 0.25) is 5.91 Å². The van der Waals surface area contributed by atoms with Crippen LogP contribution in [0.2, 0.25) is 0 Å². The average molecular weight is 207 g/mol. The minimum atomic E-state index is 0.138. The first-order valence-corrected chi connectivity index (χ1v) is 5.35. The zero-order valence-corrected chi connectivity index (χ0v) is 9.07. The molecule has 1 N–H and O–H groups in total. The quantitative estimate of drug-likeness (QED) is 0.765. The van der Waals surface area contributed by atoms with Gasteiger partial charge in [-0.15, -0.1) is 0 Å². The molecule has 4 heteroatoms. The summed E-state index contributed by atoms with van der Waals surface area (Å²) in [6.07, 6.45) is 6.73. The van der Waals surface area contributed by atoms with Gasteiger partial charge in [0, 0.05) is 19.2 Å². The molecular weight excluding hydrogens is 190 g/mol. The van der Waals surface area contributed by atoms with Crippen LogP contribution in [0.3, 0.4) is 0 Å². The second kappa shape index (κ2) is 6.92. The van der Waals surface area contributed by atoms with Crippen LogP contribution in [0.5, 0.6) is 0 Å². The van der Waals surface area contributed by atoms with E-state index in [-0.39, 0.29) is 5.91 Å². The van der Waals surface area contributed by atoms with Gasteiger partial charge in [0.25, 0.3) is 0 Å². The lowest BCUT2D eigenvalue weighted by Crippen LogP contribution is -2.23. The predicted octanol–water partition coefficient (Wildman–Crippen LogP) is 1.33. The fraction of sp³-hybridized carbons (Fsp3) is 0.545. The highest BCUT2D eigenvalue weighted by Crippen LogP contribution is 2.01. The van der Waals surface area contributed by atoms with E-state index in [1.165, 1.54) is 0 Å². The molecule has 0 bridgehead atoms. The number of hydrogen-bond donors (Lipinski definition) is 1. The van der Waals surface area contributed by atoms with Crippen LogP contribution in [0.25, 0.3) is 0 Å². The maximum atomic E-state index is 11.3. The van der Waals surface area contributed by atoms with E-state index in [1.54, 1.807) is 12.4 Å². The van der Waals surface area contributed by atoms with Crippen molar-refractivity contribution >= 4 is 5.91 Å². The van der Waals surface area contributed by atoms with E-state index >= 15 is 0 Å². The van der Waals surface area contributed by atoms with Crippen LogP contribution in [-0.2, 0) is 11.2 Å². The summed E-state index contributed by atoms with van der Waals surface area (Å²) < 4.78 is 0. The molecule has 0 spiro atoms. The molecule has 0 radical (unpaired) electrons. The normalized spacial score (nSPS) is 9.93. The first-order valence-electron chi connectivity index (χ1n) is 5.35. The lowest BCUT2D eigenvalue weighted by Gasteiger charge is -2.02. The summed E-state index contributed by atoms with van der Waals surface area (Å²) in [4.78, 5) is 11.3. The van der Waals surface area contributed by atoms with Crippen LogP contribution in [0, 0.1) is 0 Å². The van der Waals surface area contributed by atoms with Gasteiger partial charge in [-0.2, -0.15) is 10.2 Å². The van der Waals surface area contributed by atoms with Gasteiger partial charge in [-0.1, -0.05) is 6.92 Å². The van der Waals surface area contributed by atoms with E-state index in [0.717, 1.165) is 31.4 Å². The van der Waals surface area contributed by atoms with Crippen molar-refractivity contribution in [2.75, 3.05) is 6.54 Å². The van der Waals surface area contributed by atoms with Crippen molar-refractivity contribution in [2.45, 2.75) is 32.6 Å². The molecule has 1 rings (SSSR count). The fourth-order valence-corrected chi connectivity index (χ4v) is 1.27. The number of carbonyl (C=O) groups excluding carboxylic acids is 1. The van der Waals surface area contributed by atoms with Gasteiger partial charge in [-0.25, -0.2) is 0 Å². The second-order valence-corrected chi connectivity index (χ2v) is 3.45. The van der Waals surface area contributed by atoms with Crippen molar-refractivity contribution in [1.82, 2.24) is 15.5 Å². The number of rotatable bonds is 6. The van der Waals surface area contributed by atoms with Gasteiger partial charge in [-0.3, -0.25) is 4.79 Å². The minimum absolute atomic E-state index is 0.138. The molecule has 1 heterocycles. The van der Waals surface area contributed by atoms with Crippen LogP contribution >= 0.6 is 0 Å². The van der Waals surface area contributed by atoms with Gasteiger partial charge in [0.1, 0.15) is 0 Å². The van der Waals surface area contributed by atoms with Gasteiger partial charge in [0.15, 0.2) is 0 Å². The van der Waals surface area contributed by atoms with Crippen LogP contribution in [0.4, 0.5) is 0 Å². The van der Waals surface area contributed by atoms with Gasteiger partial charge in [-0.05, 0) is 30.9 Å². The van der Waals surface area contributed by atoms with Gasteiger partial charge >= 0.3 is 0 Å². The molecule has 0 unspecified atom stereocenters. The zero-order chi connectivity index (χ0) is 10.9. The van der Waals surface area contributed by atoms with Crippen molar-refractivity contribution in [3.63, 3.8) is 0 Å². The molecule has 4 nitrogen and oxygen atoms in total. The average Bonchev–Trinajstić information content (AvgIpc) is 2.28. The molecule has 0 aliphatic rings. The van der Waals surface area contributed by atoms with E-state index in [1.807, 2.05) is 13.0 Å². The highest BCUT2D eigenvalue weighted by Gasteiger charge is 2.00. The third-order valence-electron chi connectivity index (χ3n) is 2.09. The Kier molecular flexibility index (Phi) is 5.37. The maximum Gasteiger partial charge on any atom is 0.220 e. The lowest BCUT2D eigenvalue weighted by atomic mass is 10.1. The Morgan fingerprint density at radius 2 is 2.33 bits per heavy atom. The molecule has 0 aliphatic carbocycles. The molecule has 0 atom stereocenters. The van der Waals surface area contributed by atoms with Crippen molar-refractivity contribution in [3.8, 4) is 0 Å². The molecule has 1 amide bonds. The van der Waals surface area contributed by atoms with E-state index in [0.29, 0.717) is 6.42 Å². The van der Waals surface area contributed by atoms with Crippen molar-refractivity contribution < 1.29 is 4.79 Å². The van der Waals surface area contributed by atoms with Crippen molar-refractivity contribution in [1.29, 1.82) is 0 Å². The molecule has 1 aromatic rings. The molecule has 1 aromatic heterocycles. The molecule has 0 fully saturated rings. The number of carbonyl (C=O) groups is 1. The Balaban J connectivity index is 2.14. The first-order chi connectivity index (χ1) is 7.33. The summed E-state index contributed by atoms with van der Waals surface area (Å²) in [6, 6.07) is 1.93. The summed E-state index contributed by atoms with van der Waals surface area (Å²) >= 11 is 0. The Bertz CT molecular complexity index is 287. The van der Waals surface area contributed by atoms with Gasteiger partial charge < -0.3 is 5.32 Å². The van der Waals surface area contributed by atoms with E-state index < -0.39 is 0 Å². The van der Waals surface area contributed by atoms with Crippen LogP contribution < -0.4 is 5.32 Å². The highest BCUT2D eigenvalue weighted by molar-refractivity contribution is 5.75. The van der Waals surface area contributed by atoms with E-state index in [4.69, 9.17) is 0 Å². The van der Waals surface area contributed by atoms with Crippen LogP contribution in [0.1, 0.15) is 31.7 Å². The highest BCUT2D eigenvalue weighted by atomic mass is 16.1. The SMILES string of the molecule is CCCNC(=O)CCCc1ccnnc1. The predicted molar refractivity (Wildman–Crippen MR) is 58.3 cm³/mol. The minimum Gasteiger partial charge on any atom is -0.356 e. The molecule has 82 valence electrons. The van der Waals surface area contributed by atoms with Crippen molar-refractivity contribution in [3.05, 3.63) is 24.0 Å². The molecule has 0 saturated carbocycles. The summed E-state index contributed by atoms with van der Waals surface area (Å²) in [6.45, 7) is 2.82. The number of hydrogen-bond acceptors (Lipinski definition) is 3. The Morgan fingerprint density at radius 1 is 1.47 bits per heavy atom. The topological polar surface area (TPSA) is 54.9 Å². The van der Waals surface area contributed by atoms with Crippen LogP contribution in [-0.4, -0.2) is 22.6 Å². The number of nitrogens with zero attached hydrogens (tertiary/aromatic N) is 2. The lowest BCUT2D eigenvalue weighted by molar-refractivity contribution is -0.121. The third-order valence-corrected chi connectivity index (χ3v) is 2.09. The molecule has 0 aliphatic heterocycles. The van der Waals surface area contributed by atoms with Crippen LogP contribution in [0.15, 0.2) is 18.5 Å². The number of aryl methyl sites for hydroxylation is 1. The van der Waals surface area contributed by atoms with Crippen molar-refractivity contribution in [2.24, 2.45) is 0 Å². The molecule has 0 saturated heterocycles. The van der Waals surface area contributed by atoms with E-state index in [2.05, 4.69) is 15.5 Å². The third kappa shape index (κ3) is 5.10. The Labute approximate surface area is 90.1 Å². The second-order valence-electron chi connectivity index (χ2n) is 3.45. The monoisotopic (exact) mass is 207 g/mol. The first kappa shape index (κ1) is 11.6. The zero-order valence-electron chi connectivity index (χ0n) is 9.07. The van der Waals surface area contributed by atoms with Gasteiger partial charge in [0.05, 0.1) is 6.20 Å². The Morgan fingerprint density at radius 3 is 3.00 bits per heavy atom. The summed E-state index contributed by atoms with van der Waals surface area (Å²) in [5.74, 6) is 0.138. The largest absolute Gasteiger partial charge is 0.356 e. The Hall–Kier alpha value is -1.45. The maximum absolute atomic E-state index is 11.3. The smallest absolute Gasteiger partial charge is 0.220 e.